The summed E-state index contributed by atoms with van der Waals surface area (Å²) in [6.45, 7) is 1.92. The summed E-state index contributed by atoms with van der Waals surface area (Å²) in [6.07, 6.45) is 1.17. The lowest BCUT2D eigenvalue weighted by Crippen LogP contribution is -2.49. The molecule has 3 rings (SSSR count). The molecule has 0 saturated heterocycles. The summed E-state index contributed by atoms with van der Waals surface area (Å²) < 4.78 is 26.0. The predicted molar refractivity (Wildman–Crippen MR) is 120 cm³/mol. The molecular formula is C22H23N3O5S. The van der Waals surface area contributed by atoms with Crippen molar-refractivity contribution in [3.05, 3.63) is 82.4 Å². The van der Waals surface area contributed by atoms with Crippen LogP contribution in [0.25, 0.3) is 10.8 Å². The van der Waals surface area contributed by atoms with Gasteiger partial charge in [0.2, 0.25) is 15.9 Å². The quantitative estimate of drug-likeness (QED) is 0.424. The molecule has 8 nitrogen and oxygen atoms in total. The summed E-state index contributed by atoms with van der Waals surface area (Å²) in [4.78, 5) is 23.4. The predicted octanol–water partition coefficient (Wildman–Crippen LogP) is 3.61. The zero-order valence-corrected chi connectivity index (χ0v) is 18.0. The Labute approximate surface area is 180 Å². The average molecular weight is 442 g/mol. The fourth-order valence-corrected chi connectivity index (χ4v) is 4.66. The second kappa shape index (κ2) is 9.13. The molecule has 0 spiro atoms. The van der Waals surface area contributed by atoms with Crippen LogP contribution in [0.3, 0.4) is 0 Å². The molecule has 3 aromatic carbocycles. The van der Waals surface area contributed by atoms with E-state index in [-0.39, 0.29) is 24.3 Å². The highest BCUT2D eigenvalue weighted by Gasteiger charge is 2.32. The number of hydrogen-bond acceptors (Lipinski definition) is 5. The first-order valence-electron chi connectivity index (χ1n) is 9.70. The Morgan fingerprint density at radius 1 is 1.06 bits per heavy atom. The number of benzene rings is 3. The van der Waals surface area contributed by atoms with Crippen LogP contribution in [0, 0.1) is 10.1 Å². The third-order valence-electron chi connectivity index (χ3n) is 4.91. The SMILES string of the molecule is CCC(C(=O)NCc1ccc2ccccc2c1)N(c1cccc([N+](=O)[O-])c1)S(C)(=O)=O. The van der Waals surface area contributed by atoms with Crippen LogP contribution in [-0.2, 0) is 21.4 Å². The number of non-ortho nitro benzene ring substituents is 1. The Morgan fingerprint density at radius 2 is 1.77 bits per heavy atom. The van der Waals surface area contributed by atoms with Crippen molar-refractivity contribution >= 4 is 38.1 Å². The maximum Gasteiger partial charge on any atom is 0.271 e. The van der Waals surface area contributed by atoms with Crippen LogP contribution in [0.1, 0.15) is 18.9 Å². The Balaban J connectivity index is 1.85. The number of fused-ring (bicyclic) bond motifs is 1. The van der Waals surface area contributed by atoms with Crippen LogP contribution < -0.4 is 9.62 Å². The highest BCUT2D eigenvalue weighted by Crippen LogP contribution is 2.26. The largest absolute Gasteiger partial charge is 0.350 e. The molecule has 0 bridgehead atoms. The molecule has 0 heterocycles. The number of rotatable bonds is 8. The molecule has 0 aliphatic rings. The van der Waals surface area contributed by atoms with E-state index in [1.807, 2.05) is 42.5 Å². The van der Waals surface area contributed by atoms with Crippen LogP contribution in [0.2, 0.25) is 0 Å². The monoisotopic (exact) mass is 441 g/mol. The maximum atomic E-state index is 12.9. The van der Waals surface area contributed by atoms with E-state index in [0.717, 1.165) is 33.0 Å². The van der Waals surface area contributed by atoms with Crippen molar-refractivity contribution < 1.29 is 18.1 Å². The first-order chi connectivity index (χ1) is 14.7. The van der Waals surface area contributed by atoms with Gasteiger partial charge in [0, 0.05) is 18.7 Å². The van der Waals surface area contributed by atoms with Crippen LogP contribution in [0.5, 0.6) is 0 Å². The zero-order valence-electron chi connectivity index (χ0n) is 17.2. The molecule has 0 aliphatic heterocycles. The number of anilines is 1. The lowest BCUT2D eigenvalue weighted by atomic mass is 10.1. The number of carbonyl (C=O) groups excluding carboxylic acids is 1. The van der Waals surface area contributed by atoms with E-state index < -0.39 is 26.9 Å². The standard InChI is InChI=1S/C22H23N3O5S/c1-3-21(24(31(2,29)30)19-9-6-10-20(14-19)25(27)28)22(26)23-15-16-11-12-17-7-4-5-8-18(17)13-16/h4-14,21H,3,15H2,1-2H3,(H,23,26). The molecular weight excluding hydrogens is 418 g/mol. The van der Waals surface area contributed by atoms with Gasteiger partial charge in [0.1, 0.15) is 6.04 Å². The molecule has 0 aromatic heterocycles. The van der Waals surface area contributed by atoms with E-state index in [4.69, 9.17) is 0 Å². The fourth-order valence-electron chi connectivity index (χ4n) is 3.46. The van der Waals surface area contributed by atoms with Crippen molar-refractivity contribution in [1.29, 1.82) is 0 Å². The van der Waals surface area contributed by atoms with Gasteiger partial charge in [-0.25, -0.2) is 8.42 Å². The van der Waals surface area contributed by atoms with E-state index >= 15 is 0 Å². The van der Waals surface area contributed by atoms with Gasteiger partial charge in [-0.2, -0.15) is 0 Å². The topological polar surface area (TPSA) is 110 Å². The third-order valence-corrected chi connectivity index (χ3v) is 6.09. The summed E-state index contributed by atoms with van der Waals surface area (Å²) >= 11 is 0. The molecule has 1 unspecified atom stereocenters. The van der Waals surface area contributed by atoms with Gasteiger partial charge in [-0.05, 0) is 34.9 Å². The molecule has 162 valence electrons. The molecule has 31 heavy (non-hydrogen) atoms. The first kappa shape index (κ1) is 22.2. The molecule has 0 aliphatic carbocycles. The summed E-state index contributed by atoms with van der Waals surface area (Å²) in [5.74, 6) is -0.479. The number of nitrogens with one attached hydrogen (secondary N) is 1. The van der Waals surface area contributed by atoms with Gasteiger partial charge in [-0.15, -0.1) is 0 Å². The second-order valence-corrected chi connectivity index (χ2v) is 9.02. The lowest BCUT2D eigenvalue weighted by Gasteiger charge is -2.30. The smallest absolute Gasteiger partial charge is 0.271 e. The minimum absolute atomic E-state index is 0.0735. The van der Waals surface area contributed by atoms with Crippen LogP contribution >= 0.6 is 0 Å². The van der Waals surface area contributed by atoms with E-state index in [1.54, 1.807) is 6.92 Å². The Hall–Kier alpha value is -3.46. The number of amides is 1. The van der Waals surface area contributed by atoms with E-state index in [1.165, 1.54) is 18.2 Å². The van der Waals surface area contributed by atoms with E-state index in [0.29, 0.717) is 0 Å². The number of carbonyl (C=O) groups is 1. The minimum atomic E-state index is -3.88. The van der Waals surface area contributed by atoms with Crippen LogP contribution in [0.4, 0.5) is 11.4 Å². The number of nitro groups is 1. The molecule has 1 N–H and O–H groups in total. The maximum absolute atomic E-state index is 12.9. The number of sulfonamides is 1. The van der Waals surface area contributed by atoms with Crippen LogP contribution in [0.15, 0.2) is 66.7 Å². The van der Waals surface area contributed by atoms with Crippen molar-refractivity contribution in [1.82, 2.24) is 5.32 Å². The third kappa shape index (κ3) is 5.18. The molecule has 9 heteroatoms. The number of nitrogens with zero attached hydrogens (tertiary/aromatic N) is 2. The van der Waals surface area contributed by atoms with Gasteiger partial charge in [0.15, 0.2) is 0 Å². The number of nitro benzene ring substituents is 1. The van der Waals surface area contributed by atoms with Gasteiger partial charge in [-0.3, -0.25) is 19.2 Å². The van der Waals surface area contributed by atoms with Gasteiger partial charge < -0.3 is 5.32 Å². The molecule has 3 aromatic rings. The Morgan fingerprint density at radius 3 is 2.42 bits per heavy atom. The first-order valence-corrected chi connectivity index (χ1v) is 11.5. The van der Waals surface area contributed by atoms with Gasteiger partial charge in [0.25, 0.3) is 5.69 Å². The average Bonchev–Trinajstić information content (AvgIpc) is 2.74. The van der Waals surface area contributed by atoms with Crippen LogP contribution in [-0.4, -0.2) is 31.5 Å². The normalized spacial score (nSPS) is 12.3. The molecule has 1 amide bonds. The lowest BCUT2D eigenvalue weighted by molar-refractivity contribution is -0.384. The summed E-state index contributed by atoms with van der Waals surface area (Å²) in [5, 5.41) is 16.0. The van der Waals surface area contributed by atoms with Gasteiger partial charge >= 0.3 is 0 Å². The summed E-state index contributed by atoms with van der Waals surface area (Å²) in [5.41, 5.74) is 0.699. The van der Waals surface area contributed by atoms with Crippen molar-refractivity contribution in [2.24, 2.45) is 0 Å². The molecule has 1 atom stereocenters. The van der Waals surface area contributed by atoms with Gasteiger partial charge in [0.05, 0.1) is 16.9 Å². The molecule has 0 saturated carbocycles. The minimum Gasteiger partial charge on any atom is -0.350 e. The van der Waals surface area contributed by atoms with Crippen molar-refractivity contribution in [2.45, 2.75) is 25.9 Å². The van der Waals surface area contributed by atoms with E-state index in [9.17, 15) is 23.3 Å². The van der Waals surface area contributed by atoms with E-state index in [2.05, 4.69) is 5.32 Å². The van der Waals surface area contributed by atoms with Crippen molar-refractivity contribution in [3.63, 3.8) is 0 Å². The van der Waals surface area contributed by atoms with Crippen molar-refractivity contribution in [3.8, 4) is 0 Å². The Kier molecular flexibility index (Phi) is 6.55. The summed E-state index contributed by atoms with van der Waals surface area (Å²) in [7, 11) is -3.88. The van der Waals surface area contributed by atoms with Gasteiger partial charge in [-0.1, -0.05) is 49.4 Å². The highest BCUT2D eigenvalue weighted by atomic mass is 32.2. The fraction of sp³-hybridized carbons (Fsp3) is 0.227. The second-order valence-electron chi connectivity index (χ2n) is 7.16. The number of hydrogen-bond donors (Lipinski definition) is 1. The molecule has 0 fully saturated rings. The zero-order chi connectivity index (χ0) is 22.6. The summed E-state index contributed by atoms with van der Waals surface area (Å²) in [6, 6.07) is 17.9. The highest BCUT2D eigenvalue weighted by molar-refractivity contribution is 7.92. The molecule has 0 radical (unpaired) electrons. The van der Waals surface area contributed by atoms with Crippen molar-refractivity contribution in [2.75, 3.05) is 10.6 Å². The Bertz CT molecular complexity index is 1230.